The van der Waals surface area contributed by atoms with Gasteiger partial charge in [-0.2, -0.15) is 0 Å². The van der Waals surface area contributed by atoms with Crippen LogP contribution in [0.15, 0.2) is 23.5 Å². The highest BCUT2D eigenvalue weighted by molar-refractivity contribution is 5.88. The van der Waals surface area contributed by atoms with E-state index in [1.807, 2.05) is 0 Å². The second-order valence-electron chi connectivity index (χ2n) is 6.97. The molecule has 2 aliphatic heterocycles. The van der Waals surface area contributed by atoms with Crippen LogP contribution >= 0.6 is 0 Å². The van der Waals surface area contributed by atoms with Crippen molar-refractivity contribution in [3.63, 3.8) is 0 Å². The first-order valence-corrected chi connectivity index (χ1v) is 9.54. The van der Waals surface area contributed by atoms with Crippen molar-refractivity contribution in [2.45, 2.75) is 82.8 Å². The number of aliphatic hydroxyl groups is 3. The number of ether oxygens (including phenoxy) is 1. The van der Waals surface area contributed by atoms with Gasteiger partial charge in [0.25, 0.3) is 0 Å². The summed E-state index contributed by atoms with van der Waals surface area (Å²) in [5.41, 5.74) is 0.907. The predicted octanol–water partition coefficient (Wildman–Crippen LogP) is 1.73. The van der Waals surface area contributed by atoms with Crippen molar-refractivity contribution in [2.24, 2.45) is 0 Å². The van der Waals surface area contributed by atoms with Crippen LogP contribution in [0.4, 0.5) is 0 Å². The summed E-state index contributed by atoms with van der Waals surface area (Å²) in [4.78, 5) is 13.3. The molecule has 0 aromatic rings. The smallest absolute Gasteiger partial charge is 0.333 e. The molecule has 1 saturated heterocycles. The lowest BCUT2D eigenvalue weighted by Crippen LogP contribution is -2.42. The molecular formula is C19H31NO6. The van der Waals surface area contributed by atoms with Crippen LogP contribution in [0.25, 0.3) is 0 Å². The second-order valence-corrected chi connectivity index (χ2v) is 6.97. The van der Waals surface area contributed by atoms with Crippen LogP contribution in [0, 0.1) is 0 Å². The lowest BCUT2D eigenvalue weighted by atomic mass is 9.99. The lowest BCUT2D eigenvalue weighted by molar-refractivity contribution is -0.133. The molecule has 0 saturated carbocycles. The Hall–Kier alpha value is -1.41. The summed E-state index contributed by atoms with van der Waals surface area (Å²) < 4.78 is 5.59. The number of unbranched alkanes of at least 4 members (excludes halogenated alkanes) is 5. The molecule has 4 N–H and O–H groups in total. The van der Waals surface area contributed by atoms with Crippen molar-refractivity contribution >= 4 is 5.97 Å². The van der Waals surface area contributed by atoms with E-state index in [2.05, 4.69) is 6.92 Å². The zero-order valence-corrected chi connectivity index (χ0v) is 15.4. The summed E-state index contributed by atoms with van der Waals surface area (Å²) in [6, 6.07) is 0. The fourth-order valence-electron chi connectivity index (χ4n) is 3.56. The highest BCUT2D eigenvalue weighted by Gasteiger charge is 2.46. The first-order chi connectivity index (χ1) is 12.5. The molecule has 2 rings (SSSR count). The van der Waals surface area contributed by atoms with Crippen LogP contribution in [0.2, 0.25) is 0 Å². The maximum absolute atomic E-state index is 11.7. The van der Waals surface area contributed by atoms with Gasteiger partial charge in [0, 0.05) is 18.3 Å². The number of nitrogens with zero attached hydrogens (tertiary/aromatic N) is 1. The first kappa shape index (κ1) is 20.9. The van der Waals surface area contributed by atoms with E-state index >= 15 is 0 Å². The number of rotatable bonds is 10. The Morgan fingerprint density at radius 1 is 1.19 bits per heavy atom. The van der Waals surface area contributed by atoms with Gasteiger partial charge >= 0.3 is 5.97 Å². The Balaban J connectivity index is 2.09. The van der Waals surface area contributed by atoms with Gasteiger partial charge in [-0.25, -0.2) is 4.79 Å². The van der Waals surface area contributed by atoms with E-state index in [9.17, 15) is 25.2 Å². The van der Waals surface area contributed by atoms with Crippen molar-refractivity contribution < 1.29 is 30.0 Å². The number of carbonyl (C=O) groups is 1. The van der Waals surface area contributed by atoms with E-state index in [1.54, 1.807) is 17.2 Å². The molecule has 148 valence electrons. The zero-order chi connectivity index (χ0) is 19.1. The molecule has 0 amide bonds. The molecule has 0 aliphatic carbocycles. The van der Waals surface area contributed by atoms with Crippen molar-refractivity contribution in [3.05, 3.63) is 23.5 Å². The van der Waals surface area contributed by atoms with E-state index < -0.39 is 37.1 Å². The van der Waals surface area contributed by atoms with E-state index in [0.717, 1.165) is 19.3 Å². The molecular weight excluding hydrogens is 338 g/mol. The van der Waals surface area contributed by atoms with E-state index in [1.165, 1.54) is 19.3 Å². The third-order valence-electron chi connectivity index (χ3n) is 5.06. The topological polar surface area (TPSA) is 110 Å². The minimum atomic E-state index is -1.22. The zero-order valence-electron chi connectivity index (χ0n) is 15.4. The Kier molecular flexibility index (Phi) is 8.09. The van der Waals surface area contributed by atoms with E-state index in [0.29, 0.717) is 24.1 Å². The fraction of sp³-hybridized carbons (Fsp3) is 0.737. The van der Waals surface area contributed by atoms with Gasteiger partial charge in [-0.15, -0.1) is 0 Å². The summed E-state index contributed by atoms with van der Waals surface area (Å²) in [6.45, 7) is 1.76. The minimum Gasteiger partial charge on any atom is -0.478 e. The third-order valence-corrected chi connectivity index (χ3v) is 5.06. The maximum Gasteiger partial charge on any atom is 0.333 e. The molecule has 0 radical (unpaired) electrons. The van der Waals surface area contributed by atoms with Crippen LogP contribution in [0.3, 0.4) is 0 Å². The van der Waals surface area contributed by atoms with E-state index in [-0.39, 0.29) is 0 Å². The average Bonchev–Trinajstić information content (AvgIpc) is 2.92. The number of aliphatic hydroxyl groups excluding tert-OH is 3. The monoisotopic (exact) mass is 369 g/mol. The number of hydrogen-bond donors (Lipinski definition) is 4. The Morgan fingerprint density at radius 3 is 2.50 bits per heavy atom. The normalized spacial score (nSPS) is 28.8. The highest BCUT2D eigenvalue weighted by Crippen LogP contribution is 2.33. The molecule has 0 unspecified atom stereocenters. The van der Waals surface area contributed by atoms with Gasteiger partial charge in [0.2, 0.25) is 0 Å². The molecule has 0 bridgehead atoms. The molecule has 4 atom stereocenters. The predicted molar refractivity (Wildman–Crippen MR) is 96.0 cm³/mol. The summed E-state index contributed by atoms with van der Waals surface area (Å²) in [7, 11) is 0. The van der Waals surface area contributed by atoms with Gasteiger partial charge in [-0.3, -0.25) is 0 Å². The molecule has 2 heterocycles. The van der Waals surface area contributed by atoms with Gasteiger partial charge in [-0.05, 0) is 12.8 Å². The van der Waals surface area contributed by atoms with E-state index in [4.69, 9.17) is 4.74 Å². The third kappa shape index (κ3) is 4.85. The van der Waals surface area contributed by atoms with Gasteiger partial charge in [0.15, 0.2) is 6.23 Å². The Labute approximate surface area is 154 Å². The van der Waals surface area contributed by atoms with Crippen molar-refractivity contribution in [1.82, 2.24) is 4.90 Å². The average molecular weight is 369 g/mol. The van der Waals surface area contributed by atoms with Gasteiger partial charge in [0.1, 0.15) is 18.3 Å². The molecule has 2 aliphatic rings. The summed E-state index contributed by atoms with van der Waals surface area (Å²) in [5.74, 6) is -0.980. The van der Waals surface area contributed by atoms with Crippen LogP contribution in [-0.2, 0) is 9.53 Å². The number of carboxylic acids is 1. The van der Waals surface area contributed by atoms with Crippen LogP contribution in [-0.4, -0.2) is 62.4 Å². The molecule has 0 aromatic heterocycles. The highest BCUT2D eigenvalue weighted by atomic mass is 16.6. The maximum atomic E-state index is 11.7. The summed E-state index contributed by atoms with van der Waals surface area (Å²) in [6.07, 6.45) is 6.67. The Bertz CT molecular complexity index is 532. The van der Waals surface area contributed by atoms with Gasteiger partial charge < -0.3 is 30.1 Å². The SMILES string of the molecule is CCCCCCCCC1=C(C(=O)O)CC=CN1[C@@H]1O[C@H](CO)[C@H](O)[C@@H]1O. The van der Waals surface area contributed by atoms with Gasteiger partial charge in [-0.1, -0.05) is 45.1 Å². The Morgan fingerprint density at radius 2 is 1.88 bits per heavy atom. The standard InChI is InChI=1S/C19H31NO6/c1-2-3-4-5-6-7-10-14-13(19(24)25)9-8-11-20(14)18-17(23)16(22)15(12-21)26-18/h8,11,15-18,21-23H,2-7,9-10,12H2,1H3,(H,24,25)/t15-,16+,17+,18-/m1/s1. The molecule has 7 nitrogen and oxygen atoms in total. The second kappa shape index (κ2) is 10.1. The lowest BCUT2D eigenvalue weighted by Gasteiger charge is -2.34. The number of hydrogen-bond acceptors (Lipinski definition) is 6. The van der Waals surface area contributed by atoms with Crippen LogP contribution in [0.5, 0.6) is 0 Å². The molecule has 26 heavy (non-hydrogen) atoms. The number of allylic oxidation sites excluding steroid dienone is 2. The largest absolute Gasteiger partial charge is 0.478 e. The summed E-state index contributed by atoms with van der Waals surface area (Å²) >= 11 is 0. The fourth-order valence-corrected chi connectivity index (χ4v) is 3.56. The molecule has 0 spiro atoms. The van der Waals surface area contributed by atoms with Gasteiger partial charge in [0.05, 0.1) is 12.2 Å². The van der Waals surface area contributed by atoms with Crippen LogP contribution < -0.4 is 0 Å². The summed E-state index contributed by atoms with van der Waals surface area (Å²) in [5, 5.41) is 39.1. The molecule has 7 heteroatoms. The van der Waals surface area contributed by atoms with Crippen molar-refractivity contribution in [3.8, 4) is 0 Å². The minimum absolute atomic E-state index is 0.291. The quantitative estimate of drug-likeness (QED) is 0.434. The number of carboxylic acid groups (broad SMARTS) is 1. The van der Waals surface area contributed by atoms with Crippen LogP contribution in [0.1, 0.15) is 58.3 Å². The molecule has 0 aromatic carbocycles. The van der Waals surface area contributed by atoms with Crippen molar-refractivity contribution in [1.29, 1.82) is 0 Å². The number of aliphatic carboxylic acids is 1. The molecule has 1 fully saturated rings. The first-order valence-electron chi connectivity index (χ1n) is 9.54. The van der Waals surface area contributed by atoms with Crippen molar-refractivity contribution in [2.75, 3.05) is 6.61 Å².